The van der Waals surface area contributed by atoms with Crippen LogP contribution in [0.5, 0.6) is 5.75 Å². The molecule has 160 valence electrons. The molecule has 2 aromatic rings. The molecule has 6 nitrogen and oxygen atoms in total. The van der Waals surface area contributed by atoms with E-state index in [1.807, 2.05) is 36.4 Å². The van der Waals surface area contributed by atoms with Crippen molar-refractivity contribution in [2.45, 2.75) is 18.9 Å². The molecule has 4 rings (SSSR count). The van der Waals surface area contributed by atoms with Crippen molar-refractivity contribution < 1.29 is 13.9 Å². The van der Waals surface area contributed by atoms with E-state index in [9.17, 15) is 9.18 Å². The summed E-state index contributed by atoms with van der Waals surface area (Å²) in [5, 5.41) is 5.94. The fourth-order valence-electron chi connectivity index (χ4n) is 4.08. The number of amides is 2. The molecule has 0 aromatic heterocycles. The number of piperazine rings is 1. The third kappa shape index (κ3) is 5.21. The quantitative estimate of drug-likeness (QED) is 0.717. The molecule has 1 fully saturated rings. The number of carbonyl (C=O) groups excluding carboxylic acids is 1. The normalized spacial score (nSPS) is 19.0. The van der Waals surface area contributed by atoms with Gasteiger partial charge in [0.1, 0.15) is 18.2 Å². The first-order valence-corrected chi connectivity index (χ1v) is 10.7. The second kappa shape index (κ2) is 9.80. The molecule has 2 N–H and O–H groups in total. The maximum absolute atomic E-state index is 13.9. The van der Waals surface area contributed by atoms with Crippen LogP contribution in [-0.2, 0) is 6.42 Å². The van der Waals surface area contributed by atoms with Crippen LogP contribution in [0, 0.1) is 5.82 Å². The molecule has 0 unspecified atom stereocenters. The van der Waals surface area contributed by atoms with Crippen LogP contribution in [0.3, 0.4) is 0 Å². The first kappa shape index (κ1) is 20.5. The number of urea groups is 1. The average molecular weight is 413 g/mol. The fraction of sp³-hybridized carbons (Fsp3) is 0.435. The number of nitrogens with one attached hydrogen (secondary N) is 2. The van der Waals surface area contributed by atoms with Gasteiger partial charge in [0, 0.05) is 32.7 Å². The molecule has 2 amide bonds. The summed E-state index contributed by atoms with van der Waals surface area (Å²) >= 11 is 0. The number of ether oxygens (including phenoxy) is 1. The van der Waals surface area contributed by atoms with Crippen molar-refractivity contribution in [2.24, 2.45) is 0 Å². The van der Waals surface area contributed by atoms with Gasteiger partial charge in [-0.2, -0.15) is 0 Å². The SMILES string of the molecule is O=C(NCCCN1CCN(c2ccccc2F)CC1)N[C@H]1COc2ccccc2C1. The zero-order valence-corrected chi connectivity index (χ0v) is 17.1. The number of fused-ring (bicyclic) bond motifs is 1. The zero-order chi connectivity index (χ0) is 20.8. The van der Waals surface area contributed by atoms with Gasteiger partial charge in [-0.3, -0.25) is 4.90 Å². The van der Waals surface area contributed by atoms with E-state index < -0.39 is 0 Å². The number of anilines is 1. The largest absolute Gasteiger partial charge is 0.491 e. The van der Waals surface area contributed by atoms with E-state index in [-0.39, 0.29) is 17.9 Å². The highest BCUT2D eigenvalue weighted by Crippen LogP contribution is 2.24. The molecule has 0 bridgehead atoms. The van der Waals surface area contributed by atoms with E-state index in [0.717, 1.165) is 56.9 Å². The highest BCUT2D eigenvalue weighted by atomic mass is 19.1. The number of hydrogen-bond acceptors (Lipinski definition) is 4. The molecule has 2 aromatic carbocycles. The molecule has 0 aliphatic carbocycles. The number of hydrogen-bond donors (Lipinski definition) is 2. The van der Waals surface area contributed by atoms with Gasteiger partial charge in [-0.05, 0) is 43.1 Å². The summed E-state index contributed by atoms with van der Waals surface area (Å²) in [6.45, 7) is 5.49. The molecule has 7 heteroatoms. The van der Waals surface area contributed by atoms with Gasteiger partial charge in [0.15, 0.2) is 0 Å². The summed E-state index contributed by atoms with van der Waals surface area (Å²) in [7, 11) is 0. The van der Waals surface area contributed by atoms with E-state index in [1.165, 1.54) is 6.07 Å². The third-order valence-corrected chi connectivity index (χ3v) is 5.72. The molecule has 30 heavy (non-hydrogen) atoms. The Morgan fingerprint density at radius 3 is 2.67 bits per heavy atom. The lowest BCUT2D eigenvalue weighted by molar-refractivity contribution is 0.213. The number of carbonyl (C=O) groups is 1. The van der Waals surface area contributed by atoms with Crippen LogP contribution in [0.15, 0.2) is 48.5 Å². The standard InChI is InChI=1S/C23H29FN4O2/c24-20-7-2-3-8-21(20)28-14-12-27(13-15-28)11-5-10-25-23(29)26-19-16-18-6-1-4-9-22(18)30-17-19/h1-4,6-9,19H,5,10-17H2,(H2,25,26,29)/t19-/m1/s1. The summed E-state index contributed by atoms with van der Waals surface area (Å²) in [6.07, 6.45) is 1.67. The lowest BCUT2D eigenvalue weighted by Crippen LogP contribution is -2.48. The van der Waals surface area contributed by atoms with Crippen molar-refractivity contribution in [1.82, 2.24) is 15.5 Å². The van der Waals surface area contributed by atoms with Crippen LogP contribution in [0.25, 0.3) is 0 Å². The fourth-order valence-corrected chi connectivity index (χ4v) is 4.08. The van der Waals surface area contributed by atoms with Gasteiger partial charge in [0.25, 0.3) is 0 Å². The minimum absolute atomic E-state index is 0.00800. The van der Waals surface area contributed by atoms with E-state index >= 15 is 0 Å². The summed E-state index contributed by atoms with van der Waals surface area (Å²) in [5.41, 5.74) is 1.81. The summed E-state index contributed by atoms with van der Waals surface area (Å²) in [5.74, 6) is 0.749. The van der Waals surface area contributed by atoms with Gasteiger partial charge in [0.05, 0.1) is 11.7 Å². The van der Waals surface area contributed by atoms with Crippen LogP contribution in [0.4, 0.5) is 14.9 Å². The van der Waals surface area contributed by atoms with Crippen LogP contribution in [0.2, 0.25) is 0 Å². The number of para-hydroxylation sites is 2. The number of halogens is 1. The van der Waals surface area contributed by atoms with Gasteiger partial charge in [-0.25, -0.2) is 9.18 Å². The zero-order valence-electron chi connectivity index (χ0n) is 17.1. The molecule has 2 aliphatic rings. The lowest BCUT2D eigenvalue weighted by atomic mass is 10.0. The Hall–Kier alpha value is -2.80. The second-order valence-corrected chi connectivity index (χ2v) is 7.85. The van der Waals surface area contributed by atoms with Gasteiger partial charge in [-0.1, -0.05) is 30.3 Å². The summed E-state index contributed by atoms with van der Waals surface area (Å²) in [6, 6.07) is 14.7. The van der Waals surface area contributed by atoms with Crippen molar-refractivity contribution in [2.75, 3.05) is 50.8 Å². The minimum Gasteiger partial charge on any atom is -0.491 e. The van der Waals surface area contributed by atoms with E-state index in [4.69, 9.17) is 4.74 Å². The van der Waals surface area contributed by atoms with Crippen molar-refractivity contribution in [1.29, 1.82) is 0 Å². The maximum Gasteiger partial charge on any atom is 0.315 e. The Morgan fingerprint density at radius 1 is 1.07 bits per heavy atom. The van der Waals surface area contributed by atoms with E-state index in [0.29, 0.717) is 18.8 Å². The Morgan fingerprint density at radius 2 is 1.83 bits per heavy atom. The lowest BCUT2D eigenvalue weighted by Gasteiger charge is -2.36. The van der Waals surface area contributed by atoms with Gasteiger partial charge < -0.3 is 20.3 Å². The molecular formula is C23H29FN4O2. The molecule has 2 aliphatic heterocycles. The van der Waals surface area contributed by atoms with Gasteiger partial charge >= 0.3 is 6.03 Å². The molecule has 0 saturated carbocycles. The first-order valence-electron chi connectivity index (χ1n) is 10.7. The number of nitrogens with zero attached hydrogens (tertiary/aromatic N) is 2. The maximum atomic E-state index is 13.9. The highest BCUT2D eigenvalue weighted by Gasteiger charge is 2.21. The number of benzene rings is 2. The molecule has 2 heterocycles. The van der Waals surface area contributed by atoms with Crippen molar-refractivity contribution in [3.8, 4) is 5.75 Å². The second-order valence-electron chi connectivity index (χ2n) is 7.85. The predicted molar refractivity (Wildman–Crippen MR) is 116 cm³/mol. The predicted octanol–water partition coefficient (Wildman–Crippen LogP) is 2.64. The smallest absolute Gasteiger partial charge is 0.315 e. The Bertz CT molecular complexity index is 855. The highest BCUT2D eigenvalue weighted by molar-refractivity contribution is 5.74. The van der Waals surface area contributed by atoms with Crippen LogP contribution in [-0.4, -0.2) is 62.8 Å². The molecule has 0 spiro atoms. The first-order chi connectivity index (χ1) is 14.7. The topological polar surface area (TPSA) is 56.8 Å². The van der Waals surface area contributed by atoms with Crippen molar-refractivity contribution in [3.63, 3.8) is 0 Å². The van der Waals surface area contributed by atoms with E-state index in [2.05, 4.69) is 20.4 Å². The minimum atomic E-state index is -0.159. The molecule has 0 radical (unpaired) electrons. The molecular weight excluding hydrogens is 383 g/mol. The van der Waals surface area contributed by atoms with Crippen LogP contribution < -0.4 is 20.3 Å². The van der Waals surface area contributed by atoms with Gasteiger partial charge in [0.2, 0.25) is 0 Å². The number of rotatable bonds is 6. The third-order valence-electron chi connectivity index (χ3n) is 5.72. The average Bonchev–Trinajstić information content (AvgIpc) is 2.77. The molecule has 1 atom stereocenters. The van der Waals surface area contributed by atoms with Crippen LogP contribution >= 0.6 is 0 Å². The monoisotopic (exact) mass is 412 g/mol. The summed E-state index contributed by atoms with van der Waals surface area (Å²) in [4.78, 5) is 16.6. The van der Waals surface area contributed by atoms with E-state index in [1.54, 1.807) is 6.07 Å². The summed E-state index contributed by atoms with van der Waals surface area (Å²) < 4.78 is 19.6. The van der Waals surface area contributed by atoms with Crippen molar-refractivity contribution >= 4 is 11.7 Å². The molecule has 1 saturated heterocycles. The van der Waals surface area contributed by atoms with Crippen LogP contribution in [0.1, 0.15) is 12.0 Å². The Labute approximate surface area is 177 Å². The Balaban J connectivity index is 1.11. The van der Waals surface area contributed by atoms with Gasteiger partial charge in [-0.15, -0.1) is 0 Å². The Kier molecular flexibility index (Phi) is 6.69. The van der Waals surface area contributed by atoms with Crippen molar-refractivity contribution in [3.05, 3.63) is 59.9 Å².